The summed E-state index contributed by atoms with van der Waals surface area (Å²) < 4.78 is 0. The molecule has 0 saturated carbocycles. The first-order valence-corrected chi connectivity index (χ1v) is 25.4. The van der Waals surface area contributed by atoms with Crippen LogP contribution in [0.1, 0.15) is 32.6 Å². The number of hydrogen-bond donors (Lipinski definition) is 1. The van der Waals surface area contributed by atoms with Gasteiger partial charge in [0.1, 0.15) is 0 Å². The molecule has 8 nitrogen and oxygen atoms in total. The molecule has 0 unspecified atom stereocenters. The molecule has 4 aromatic heterocycles. The summed E-state index contributed by atoms with van der Waals surface area (Å²) in [5.74, 6) is -1.03. The van der Waals surface area contributed by atoms with Crippen LogP contribution in [0.15, 0.2) is 261 Å². The van der Waals surface area contributed by atoms with Crippen molar-refractivity contribution in [3.8, 4) is 34.2 Å². The van der Waals surface area contributed by atoms with Crippen LogP contribution in [-0.2, 0) is 0 Å². The molecule has 8 heteroatoms. The van der Waals surface area contributed by atoms with E-state index in [1.807, 2.05) is 60.8 Å². The number of nitrogens with zero attached hydrogens (tertiary/aromatic N) is 6. The van der Waals surface area contributed by atoms with Gasteiger partial charge in [-0.2, -0.15) is 0 Å². The van der Waals surface area contributed by atoms with Gasteiger partial charge in [-0.1, -0.05) is 164 Å². The van der Waals surface area contributed by atoms with E-state index in [1.54, 1.807) is 0 Å². The third-order valence-electron chi connectivity index (χ3n) is 13.5. The molecule has 1 N–H and O–H groups in total. The van der Waals surface area contributed by atoms with E-state index in [-0.39, 0.29) is 5.56 Å². The molecule has 366 valence electrons. The number of hydrogen-bond acceptors (Lipinski definition) is 7. The SMILES string of the molecule is O=C(O)c1ccnc(-c2cccc(-c3cc(/C=C/c4ccc(N(c5ccccc5)c5cccc6ccccc56)cc4)cc(-c4cc(/C=C/c5ccc(N(c6ccccc6)c6cccc7ccccc67)cc5)ccn4)n3)n2)c1. The molecule has 0 fully saturated rings. The molecular formula is C69H48N6O2. The lowest BCUT2D eigenvalue weighted by Gasteiger charge is -2.27. The third-order valence-corrected chi connectivity index (χ3v) is 13.5. The number of aromatic carboxylic acids is 1. The third kappa shape index (κ3) is 10.4. The van der Waals surface area contributed by atoms with Gasteiger partial charge in [-0.25, -0.2) is 14.8 Å². The fourth-order valence-corrected chi connectivity index (χ4v) is 9.69. The van der Waals surface area contributed by atoms with Crippen LogP contribution in [0.5, 0.6) is 0 Å². The van der Waals surface area contributed by atoms with Crippen LogP contribution in [0, 0.1) is 0 Å². The number of carboxylic acids is 1. The summed E-state index contributed by atoms with van der Waals surface area (Å²) in [6.07, 6.45) is 11.7. The van der Waals surface area contributed by atoms with Crippen molar-refractivity contribution in [2.75, 3.05) is 9.80 Å². The average molecular weight is 993 g/mol. The topological polar surface area (TPSA) is 95.3 Å². The number of anilines is 6. The molecule has 0 aliphatic rings. The zero-order chi connectivity index (χ0) is 51.9. The van der Waals surface area contributed by atoms with Crippen molar-refractivity contribution in [3.63, 3.8) is 0 Å². The fourth-order valence-electron chi connectivity index (χ4n) is 9.69. The van der Waals surface area contributed by atoms with Crippen molar-refractivity contribution in [2.45, 2.75) is 0 Å². The Morgan fingerprint density at radius 2 is 0.740 bits per heavy atom. The van der Waals surface area contributed by atoms with Gasteiger partial charge in [-0.3, -0.25) is 9.97 Å². The van der Waals surface area contributed by atoms with Crippen LogP contribution >= 0.6 is 0 Å². The minimum absolute atomic E-state index is 0.132. The number of carbonyl (C=O) groups is 1. The molecule has 0 radical (unpaired) electrons. The van der Waals surface area contributed by atoms with E-state index in [2.05, 4.69) is 221 Å². The number of aromatic nitrogens is 4. The van der Waals surface area contributed by atoms with Crippen molar-refractivity contribution >= 4 is 85.9 Å². The van der Waals surface area contributed by atoms with E-state index in [4.69, 9.17) is 15.0 Å². The Morgan fingerprint density at radius 1 is 0.338 bits per heavy atom. The molecule has 4 heterocycles. The van der Waals surface area contributed by atoms with E-state index < -0.39 is 5.97 Å². The lowest BCUT2D eigenvalue weighted by Crippen LogP contribution is -2.10. The largest absolute Gasteiger partial charge is 0.478 e. The molecule has 77 heavy (non-hydrogen) atoms. The predicted molar refractivity (Wildman–Crippen MR) is 316 cm³/mol. The van der Waals surface area contributed by atoms with Gasteiger partial charge in [0.2, 0.25) is 0 Å². The van der Waals surface area contributed by atoms with Crippen molar-refractivity contribution in [1.29, 1.82) is 0 Å². The van der Waals surface area contributed by atoms with Gasteiger partial charge in [-0.15, -0.1) is 0 Å². The molecule has 12 rings (SSSR count). The smallest absolute Gasteiger partial charge is 0.335 e. The van der Waals surface area contributed by atoms with Crippen molar-refractivity contribution in [1.82, 2.24) is 19.9 Å². The first kappa shape index (κ1) is 47.4. The minimum Gasteiger partial charge on any atom is -0.478 e. The van der Waals surface area contributed by atoms with Gasteiger partial charge < -0.3 is 14.9 Å². The lowest BCUT2D eigenvalue weighted by atomic mass is 10.0. The molecule has 12 aromatic rings. The Labute approximate surface area is 446 Å². The molecule has 8 aromatic carbocycles. The molecule has 0 aliphatic heterocycles. The van der Waals surface area contributed by atoms with Gasteiger partial charge >= 0.3 is 5.97 Å². The van der Waals surface area contributed by atoms with Crippen LogP contribution < -0.4 is 9.80 Å². The Bertz CT molecular complexity index is 4130. The molecule has 0 saturated heterocycles. The summed E-state index contributed by atoms with van der Waals surface area (Å²) in [6, 6.07) is 84.6. The van der Waals surface area contributed by atoms with E-state index >= 15 is 0 Å². The van der Waals surface area contributed by atoms with Crippen LogP contribution in [0.4, 0.5) is 34.1 Å². The quantitative estimate of drug-likeness (QED) is 0.115. The molecule has 0 bridgehead atoms. The molecule has 0 amide bonds. The fraction of sp³-hybridized carbons (Fsp3) is 0. The monoisotopic (exact) mass is 992 g/mol. The molecule has 0 spiro atoms. The van der Waals surface area contributed by atoms with Crippen molar-refractivity contribution < 1.29 is 9.90 Å². The highest BCUT2D eigenvalue weighted by Gasteiger charge is 2.18. The number of carboxylic acid groups (broad SMARTS) is 1. The maximum absolute atomic E-state index is 11.9. The van der Waals surface area contributed by atoms with Crippen LogP contribution in [-0.4, -0.2) is 31.0 Å². The normalized spacial score (nSPS) is 11.4. The van der Waals surface area contributed by atoms with E-state index in [0.29, 0.717) is 34.2 Å². The predicted octanol–water partition coefficient (Wildman–Crippen LogP) is 17.6. The molecular weight excluding hydrogens is 945 g/mol. The maximum Gasteiger partial charge on any atom is 0.335 e. The first-order valence-electron chi connectivity index (χ1n) is 25.4. The average Bonchev–Trinajstić information content (AvgIpc) is 3.52. The molecule has 0 aliphatic carbocycles. The zero-order valence-corrected chi connectivity index (χ0v) is 41.7. The summed E-state index contributed by atoms with van der Waals surface area (Å²) in [5, 5.41) is 14.4. The summed E-state index contributed by atoms with van der Waals surface area (Å²) in [7, 11) is 0. The number of rotatable bonds is 14. The second kappa shape index (κ2) is 21.5. The summed E-state index contributed by atoms with van der Waals surface area (Å²) in [4.78, 5) is 35.9. The van der Waals surface area contributed by atoms with Gasteiger partial charge in [0.25, 0.3) is 0 Å². The second-order valence-electron chi connectivity index (χ2n) is 18.5. The zero-order valence-electron chi connectivity index (χ0n) is 41.7. The molecule has 0 atom stereocenters. The van der Waals surface area contributed by atoms with Crippen LogP contribution in [0.25, 0.3) is 80.0 Å². The Balaban J connectivity index is 0.865. The summed E-state index contributed by atoms with van der Waals surface area (Å²) in [6.45, 7) is 0. The van der Waals surface area contributed by atoms with Gasteiger partial charge in [0.05, 0.1) is 51.1 Å². The van der Waals surface area contributed by atoms with Crippen LogP contribution in [0.2, 0.25) is 0 Å². The van der Waals surface area contributed by atoms with Gasteiger partial charge in [-0.05, 0) is 142 Å². The second-order valence-corrected chi connectivity index (χ2v) is 18.5. The van der Waals surface area contributed by atoms with Gasteiger partial charge in [0.15, 0.2) is 0 Å². The highest BCUT2D eigenvalue weighted by Crippen LogP contribution is 2.41. The standard InChI is InChI=1S/C69H48N6O2/c76-69(77)54-41-43-71-64(47-54)61-24-13-25-62(72-61)65-45-51(31-29-49-34-38-58(39-35-49)75(56-20-5-2-6-21-56)68-27-12-17-53-15-8-10-23-60(53)68)46-66(73-65)63-44-50(40-42-70-63)30-28-48-32-36-57(37-33-48)74(55-18-3-1-4-19-55)67-26-11-16-52-14-7-9-22-59(52)67/h1-47H,(H,76,77)/b30-28+,31-29+. The lowest BCUT2D eigenvalue weighted by molar-refractivity contribution is 0.0696. The van der Waals surface area contributed by atoms with Crippen molar-refractivity contribution in [2.24, 2.45) is 0 Å². The Hall–Kier alpha value is -10.6. The number of fused-ring (bicyclic) bond motifs is 2. The maximum atomic E-state index is 11.9. The van der Waals surface area contributed by atoms with Gasteiger partial charge in [0, 0.05) is 45.9 Å². The van der Waals surface area contributed by atoms with E-state index in [1.165, 1.54) is 39.9 Å². The van der Waals surface area contributed by atoms with E-state index in [9.17, 15) is 9.90 Å². The Kier molecular flexibility index (Phi) is 13.2. The Morgan fingerprint density at radius 3 is 1.30 bits per heavy atom. The van der Waals surface area contributed by atoms with Crippen molar-refractivity contribution in [3.05, 3.63) is 289 Å². The highest BCUT2D eigenvalue weighted by molar-refractivity contribution is 6.00. The highest BCUT2D eigenvalue weighted by atomic mass is 16.4. The summed E-state index contributed by atoms with van der Waals surface area (Å²) >= 11 is 0. The summed E-state index contributed by atoms with van der Waals surface area (Å²) in [5.41, 5.74) is 14.1. The number of pyridine rings is 4. The van der Waals surface area contributed by atoms with E-state index in [0.717, 1.165) is 56.4 Å². The number of benzene rings is 8. The minimum atomic E-state index is -1.03. The number of para-hydroxylation sites is 2. The first-order chi connectivity index (χ1) is 38.0. The van der Waals surface area contributed by atoms with Crippen LogP contribution in [0.3, 0.4) is 0 Å².